The van der Waals surface area contributed by atoms with Crippen molar-refractivity contribution in [3.8, 4) is 0 Å². The standard InChI is InChI=1S/C9H8BrN3OS/c10-8-2-1-7(15-8)9(14)11-5-6-3-4-12-13-6/h1-4H,5H2,(H,11,14)(H,12,13). The maximum absolute atomic E-state index is 11.6. The van der Waals surface area contributed by atoms with Crippen LogP contribution in [-0.2, 0) is 6.54 Å². The summed E-state index contributed by atoms with van der Waals surface area (Å²) in [6, 6.07) is 5.47. The second-order valence-electron chi connectivity index (χ2n) is 2.87. The molecule has 0 bridgehead atoms. The second-order valence-corrected chi connectivity index (χ2v) is 5.33. The number of hydrogen-bond acceptors (Lipinski definition) is 3. The molecular formula is C9H8BrN3OS. The maximum Gasteiger partial charge on any atom is 0.261 e. The lowest BCUT2D eigenvalue weighted by atomic mass is 10.4. The van der Waals surface area contributed by atoms with Crippen molar-refractivity contribution in [1.29, 1.82) is 0 Å². The smallest absolute Gasteiger partial charge is 0.261 e. The van der Waals surface area contributed by atoms with Gasteiger partial charge in [0.05, 0.1) is 20.9 Å². The van der Waals surface area contributed by atoms with E-state index < -0.39 is 0 Å². The number of thiophene rings is 1. The number of nitrogens with one attached hydrogen (secondary N) is 2. The summed E-state index contributed by atoms with van der Waals surface area (Å²) in [5, 5.41) is 9.37. The van der Waals surface area contributed by atoms with Crippen molar-refractivity contribution < 1.29 is 4.79 Å². The molecule has 0 atom stereocenters. The van der Waals surface area contributed by atoms with Gasteiger partial charge in [-0.1, -0.05) is 0 Å². The quantitative estimate of drug-likeness (QED) is 0.908. The van der Waals surface area contributed by atoms with Crippen molar-refractivity contribution >= 4 is 33.2 Å². The van der Waals surface area contributed by atoms with Crippen LogP contribution in [0.25, 0.3) is 0 Å². The molecule has 0 aliphatic carbocycles. The predicted molar refractivity (Wildman–Crippen MR) is 61.8 cm³/mol. The van der Waals surface area contributed by atoms with Gasteiger partial charge < -0.3 is 5.32 Å². The first-order valence-electron chi connectivity index (χ1n) is 4.27. The minimum Gasteiger partial charge on any atom is -0.346 e. The van der Waals surface area contributed by atoms with Gasteiger partial charge in [-0.25, -0.2) is 0 Å². The molecule has 2 aromatic heterocycles. The van der Waals surface area contributed by atoms with Crippen molar-refractivity contribution in [3.05, 3.63) is 38.8 Å². The normalized spacial score (nSPS) is 10.2. The van der Waals surface area contributed by atoms with E-state index in [1.54, 1.807) is 12.3 Å². The average molecular weight is 286 g/mol. The number of aromatic nitrogens is 2. The molecule has 0 saturated heterocycles. The Hall–Kier alpha value is -1.14. The first-order valence-corrected chi connectivity index (χ1v) is 5.88. The van der Waals surface area contributed by atoms with E-state index in [0.717, 1.165) is 9.48 Å². The van der Waals surface area contributed by atoms with Gasteiger partial charge in [0.1, 0.15) is 0 Å². The maximum atomic E-state index is 11.6. The van der Waals surface area contributed by atoms with Gasteiger partial charge in [0.15, 0.2) is 0 Å². The SMILES string of the molecule is O=C(NCc1ccn[nH]1)c1ccc(Br)s1. The number of carbonyl (C=O) groups is 1. The van der Waals surface area contributed by atoms with Crippen LogP contribution < -0.4 is 5.32 Å². The van der Waals surface area contributed by atoms with Crippen LogP contribution in [0.3, 0.4) is 0 Å². The van der Waals surface area contributed by atoms with Gasteiger partial charge in [-0.3, -0.25) is 9.89 Å². The van der Waals surface area contributed by atoms with E-state index >= 15 is 0 Å². The molecule has 2 aromatic rings. The van der Waals surface area contributed by atoms with E-state index in [1.165, 1.54) is 11.3 Å². The monoisotopic (exact) mass is 285 g/mol. The molecular weight excluding hydrogens is 278 g/mol. The van der Waals surface area contributed by atoms with Crippen molar-refractivity contribution in [2.24, 2.45) is 0 Å². The van der Waals surface area contributed by atoms with Crippen LogP contribution in [0.1, 0.15) is 15.4 Å². The lowest BCUT2D eigenvalue weighted by molar-refractivity contribution is 0.0954. The topological polar surface area (TPSA) is 57.8 Å². The highest BCUT2D eigenvalue weighted by Crippen LogP contribution is 2.21. The minimum atomic E-state index is -0.0692. The van der Waals surface area contributed by atoms with Crippen molar-refractivity contribution in [2.45, 2.75) is 6.54 Å². The summed E-state index contributed by atoms with van der Waals surface area (Å²) in [6.45, 7) is 0.467. The Bertz CT molecular complexity index is 452. The number of aromatic amines is 1. The van der Waals surface area contributed by atoms with Gasteiger partial charge in [-0.2, -0.15) is 5.10 Å². The highest BCUT2D eigenvalue weighted by Gasteiger charge is 2.07. The summed E-state index contributed by atoms with van der Waals surface area (Å²) in [5.74, 6) is -0.0692. The third kappa shape index (κ3) is 2.66. The molecule has 78 valence electrons. The molecule has 4 nitrogen and oxygen atoms in total. The summed E-state index contributed by atoms with van der Waals surface area (Å²) in [5.41, 5.74) is 0.888. The summed E-state index contributed by atoms with van der Waals surface area (Å²) < 4.78 is 0.953. The highest BCUT2D eigenvalue weighted by molar-refractivity contribution is 9.11. The Labute approximate surface area is 98.8 Å². The number of nitrogens with zero attached hydrogens (tertiary/aromatic N) is 1. The fourth-order valence-electron chi connectivity index (χ4n) is 1.08. The molecule has 15 heavy (non-hydrogen) atoms. The third-order valence-corrected chi connectivity index (χ3v) is 3.42. The Balaban J connectivity index is 1.93. The minimum absolute atomic E-state index is 0.0692. The molecule has 2 heterocycles. The van der Waals surface area contributed by atoms with Gasteiger partial charge in [0.25, 0.3) is 5.91 Å². The van der Waals surface area contributed by atoms with Crippen molar-refractivity contribution in [2.75, 3.05) is 0 Å². The van der Waals surface area contributed by atoms with Crippen LogP contribution in [0, 0.1) is 0 Å². The molecule has 2 rings (SSSR count). The average Bonchev–Trinajstić information content (AvgIpc) is 2.84. The summed E-state index contributed by atoms with van der Waals surface area (Å²) in [7, 11) is 0. The van der Waals surface area contributed by atoms with E-state index in [1.807, 2.05) is 12.1 Å². The summed E-state index contributed by atoms with van der Waals surface area (Å²) in [6.07, 6.45) is 1.66. The molecule has 0 radical (unpaired) electrons. The fraction of sp³-hybridized carbons (Fsp3) is 0.111. The van der Waals surface area contributed by atoms with Gasteiger partial charge in [-0.05, 0) is 34.1 Å². The van der Waals surface area contributed by atoms with E-state index in [4.69, 9.17) is 0 Å². The van der Waals surface area contributed by atoms with E-state index in [0.29, 0.717) is 11.4 Å². The number of rotatable bonds is 3. The van der Waals surface area contributed by atoms with E-state index in [2.05, 4.69) is 31.4 Å². The zero-order valence-electron chi connectivity index (χ0n) is 7.66. The summed E-state index contributed by atoms with van der Waals surface area (Å²) >= 11 is 4.72. The number of carbonyl (C=O) groups excluding carboxylic acids is 1. The molecule has 0 saturated carbocycles. The lowest BCUT2D eigenvalue weighted by Crippen LogP contribution is -2.21. The Morgan fingerprint density at radius 1 is 1.53 bits per heavy atom. The van der Waals surface area contributed by atoms with Gasteiger partial charge >= 0.3 is 0 Å². The molecule has 0 aromatic carbocycles. The zero-order valence-corrected chi connectivity index (χ0v) is 10.1. The molecule has 0 aliphatic rings. The number of hydrogen-bond donors (Lipinski definition) is 2. The zero-order chi connectivity index (χ0) is 10.7. The third-order valence-electron chi connectivity index (χ3n) is 1.79. The first kappa shape index (κ1) is 10.4. The largest absolute Gasteiger partial charge is 0.346 e. The van der Waals surface area contributed by atoms with E-state index in [-0.39, 0.29) is 5.91 Å². The van der Waals surface area contributed by atoms with Crippen LogP contribution in [0.15, 0.2) is 28.2 Å². The van der Waals surface area contributed by atoms with Gasteiger partial charge in [0, 0.05) is 6.20 Å². The van der Waals surface area contributed by atoms with Gasteiger partial charge in [-0.15, -0.1) is 11.3 Å². The Kier molecular flexibility index (Phi) is 3.17. The number of halogens is 1. The molecule has 0 unspecified atom stereocenters. The van der Waals surface area contributed by atoms with Crippen molar-refractivity contribution in [1.82, 2.24) is 15.5 Å². The molecule has 6 heteroatoms. The molecule has 0 fully saturated rings. The molecule has 2 N–H and O–H groups in total. The summed E-state index contributed by atoms with van der Waals surface area (Å²) in [4.78, 5) is 12.3. The molecule has 0 aliphatic heterocycles. The highest BCUT2D eigenvalue weighted by atomic mass is 79.9. The Morgan fingerprint density at radius 2 is 2.40 bits per heavy atom. The second kappa shape index (κ2) is 4.59. The Morgan fingerprint density at radius 3 is 3.00 bits per heavy atom. The lowest BCUT2D eigenvalue weighted by Gasteiger charge is -2.00. The van der Waals surface area contributed by atoms with Crippen molar-refractivity contribution in [3.63, 3.8) is 0 Å². The number of amides is 1. The first-order chi connectivity index (χ1) is 7.25. The van der Waals surface area contributed by atoms with Crippen LogP contribution in [0.5, 0.6) is 0 Å². The fourth-order valence-corrected chi connectivity index (χ4v) is 2.38. The van der Waals surface area contributed by atoms with Gasteiger partial charge in [0.2, 0.25) is 0 Å². The molecule has 1 amide bonds. The predicted octanol–water partition coefficient (Wildman–Crippen LogP) is 2.16. The van der Waals surface area contributed by atoms with Crippen LogP contribution in [-0.4, -0.2) is 16.1 Å². The number of H-pyrrole nitrogens is 1. The molecule has 0 spiro atoms. The van der Waals surface area contributed by atoms with Crippen LogP contribution in [0.4, 0.5) is 0 Å². The van der Waals surface area contributed by atoms with Crippen LogP contribution in [0.2, 0.25) is 0 Å². The van der Waals surface area contributed by atoms with E-state index in [9.17, 15) is 4.79 Å². The van der Waals surface area contributed by atoms with Crippen LogP contribution >= 0.6 is 27.3 Å².